The lowest BCUT2D eigenvalue weighted by molar-refractivity contribution is -0.117. The summed E-state index contributed by atoms with van der Waals surface area (Å²) in [5.74, 6) is -1.04. The van der Waals surface area contributed by atoms with E-state index in [-0.39, 0.29) is 5.57 Å². The molecule has 0 radical (unpaired) electrons. The summed E-state index contributed by atoms with van der Waals surface area (Å²) in [6.07, 6.45) is 0. The summed E-state index contributed by atoms with van der Waals surface area (Å²) in [5.41, 5.74) is 3.91. The SMILES string of the molecule is COc1ccccc1C1C(C(=O)c2sc(C)nc2C)=C(O)C(=O)N1c1ccc(C)c(C)c1. The lowest BCUT2D eigenvalue weighted by atomic mass is 9.94. The van der Waals surface area contributed by atoms with Crippen LogP contribution in [0.25, 0.3) is 0 Å². The van der Waals surface area contributed by atoms with Gasteiger partial charge in [0.1, 0.15) is 5.75 Å². The van der Waals surface area contributed by atoms with Gasteiger partial charge in [-0.1, -0.05) is 24.3 Å². The summed E-state index contributed by atoms with van der Waals surface area (Å²) >= 11 is 1.25. The van der Waals surface area contributed by atoms with Crippen LogP contribution in [0.15, 0.2) is 53.8 Å². The molecule has 0 saturated heterocycles. The number of amides is 1. The summed E-state index contributed by atoms with van der Waals surface area (Å²) < 4.78 is 5.55. The Kier molecular flexibility index (Phi) is 5.60. The van der Waals surface area contributed by atoms with Gasteiger partial charge in [-0.25, -0.2) is 4.98 Å². The number of benzene rings is 2. The quantitative estimate of drug-likeness (QED) is 0.545. The molecule has 1 aliphatic heterocycles. The predicted molar refractivity (Wildman–Crippen MR) is 125 cm³/mol. The summed E-state index contributed by atoms with van der Waals surface area (Å²) in [6, 6.07) is 12.0. The Morgan fingerprint density at radius 2 is 1.81 bits per heavy atom. The van der Waals surface area contributed by atoms with E-state index in [4.69, 9.17) is 4.74 Å². The second-order valence-corrected chi connectivity index (χ2v) is 9.03. The first kappa shape index (κ1) is 21.8. The third-order valence-electron chi connectivity index (χ3n) is 5.76. The van der Waals surface area contributed by atoms with Crippen molar-refractivity contribution in [2.45, 2.75) is 33.7 Å². The van der Waals surface area contributed by atoms with Gasteiger partial charge in [0.2, 0.25) is 5.78 Å². The minimum Gasteiger partial charge on any atom is -0.503 e. The fourth-order valence-corrected chi connectivity index (χ4v) is 4.90. The maximum Gasteiger partial charge on any atom is 0.294 e. The Morgan fingerprint density at radius 3 is 2.44 bits per heavy atom. The van der Waals surface area contributed by atoms with E-state index < -0.39 is 23.5 Å². The molecule has 32 heavy (non-hydrogen) atoms. The molecule has 1 aliphatic rings. The van der Waals surface area contributed by atoms with E-state index in [2.05, 4.69) is 4.98 Å². The van der Waals surface area contributed by atoms with Gasteiger partial charge in [0.15, 0.2) is 5.76 Å². The fourth-order valence-electron chi connectivity index (χ4n) is 4.03. The second kappa shape index (κ2) is 8.24. The number of anilines is 1. The number of thiazole rings is 1. The van der Waals surface area contributed by atoms with E-state index in [0.717, 1.165) is 16.1 Å². The molecule has 0 saturated carbocycles. The number of hydrogen-bond acceptors (Lipinski definition) is 6. The number of aromatic nitrogens is 1. The molecule has 6 nitrogen and oxygen atoms in total. The van der Waals surface area contributed by atoms with Crippen LogP contribution < -0.4 is 9.64 Å². The molecule has 1 aromatic heterocycles. The standard InChI is InChI=1S/C25H24N2O4S/c1-13-10-11-17(12-14(13)2)27-21(18-8-6-7-9-19(18)31-5)20(23(29)25(27)30)22(28)24-15(3)26-16(4)32-24/h6-12,21,29H,1-5H3. The molecular weight excluding hydrogens is 424 g/mol. The third-order valence-corrected chi connectivity index (χ3v) is 6.84. The molecule has 0 aliphatic carbocycles. The summed E-state index contributed by atoms with van der Waals surface area (Å²) in [7, 11) is 1.54. The van der Waals surface area contributed by atoms with Crippen LogP contribution >= 0.6 is 11.3 Å². The zero-order chi connectivity index (χ0) is 23.2. The van der Waals surface area contributed by atoms with Crippen LogP contribution in [0.5, 0.6) is 5.75 Å². The zero-order valence-electron chi connectivity index (χ0n) is 18.6. The maximum atomic E-state index is 13.7. The van der Waals surface area contributed by atoms with E-state index in [1.165, 1.54) is 23.3 Å². The molecule has 0 fully saturated rings. The van der Waals surface area contributed by atoms with Gasteiger partial charge in [-0.2, -0.15) is 0 Å². The number of Topliss-reactive ketones (excluding diaryl/α,β-unsaturated/α-hetero) is 1. The molecular formula is C25H24N2O4S. The number of carbonyl (C=O) groups excluding carboxylic acids is 2. The molecule has 164 valence electrons. The maximum absolute atomic E-state index is 13.7. The van der Waals surface area contributed by atoms with Crippen LogP contribution in [0, 0.1) is 27.7 Å². The van der Waals surface area contributed by atoms with E-state index >= 15 is 0 Å². The summed E-state index contributed by atoms with van der Waals surface area (Å²) in [6.45, 7) is 7.52. The van der Waals surface area contributed by atoms with Crippen LogP contribution in [0.1, 0.15) is 43.1 Å². The highest BCUT2D eigenvalue weighted by Crippen LogP contribution is 2.45. The summed E-state index contributed by atoms with van der Waals surface area (Å²) in [5, 5.41) is 11.7. The lowest BCUT2D eigenvalue weighted by Crippen LogP contribution is -2.31. The van der Waals surface area contributed by atoms with E-state index in [1.807, 2.05) is 57.2 Å². The highest BCUT2D eigenvalue weighted by Gasteiger charge is 2.46. The van der Waals surface area contributed by atoms with E-state index in [9.17, 15) is 14.7 Å². The molecule has 7 heteroatoms. The molecule has 2 aromatic carbocycles. The first-order valence-corrected chi connectivity index (χ1v) is 11.0. The van der Waals surface area contributed by atoms with Crippen molar-refractivity contribution in [3.63, 3.8) is 0 Å². The van der Waals surface area contributed by atoms with Crippen LogP contribution in [-0.2, 0) is 4.79 Å². The Hall–Kier alpha value is -3.45. The first-order chi connectivity index (χ1) is 15.2. The molecule has 3 aromatic rings. The normalized spacial score (nSPS) is 16.1. The number of hydrogen-bond donors (Lipinski definition) is 1. The average molecular weight is 449 g/mol. The van der Waals surface area contributed by atoms with Gasteiger partial charge in [0.05, 0.1) is 34.3 Å². The number of carbonyl (C=O) groups is 2. The first-order valence-electron chi connectivity index (χ1n) is 10.2. The van der Waals surface area contributed by atoms with Crippen molar-refractivity contribution in [3.8, 4) is 5.75 Å². The van der Waals surface area contributed by atoms with Gasteiger partial charge in [-0.15, -0.1) is 11.3 Å². The lowest BCUT2D eigenvalue weighted by Gasteiger charge is -2.28. The average Bonchev–Trinajstić information content (AvgIpc) is 3.25. The smallest absolute Gasteiger partial charge is 0.294 e. The number of ketones is 1. The molecule has 1 unspecified atom stereocenters. The van der Waals surface area contributed by atoms with Gasteiger partial charge < -0.3 is 9.84 Å². The van der Waals surface area contributed by atoms with Gasteiger partial charge in [0.25, 0.3) is 5.91 Å². The third kappa shape index (κ3) is 3.48. The van der Waals surface area contributed by atoms with Crippen LogP contribution in [0.3, 0.4) is 0 Å². The number of para-hydroxylation sites is 1. The number of aliphatic hydroxyl groups excluding tert-OH is 1. The number of rotatable bonds is 5. The largest absolute Gasteiger partial charge is 0.503 e. The zero-order valence-corrected chi connectivity index (χ0v) is 19.4. The molecule has 1 N–H and O–H groups in total. The monoisotopic (exact) mass is 448 g/mol. The minimum atomic E-state index is -0.838. The highest BCUT2D eigenvalue weighted by molar-refractivity contribution is 7.14. The van der Waals surface area contributed by atoms with Gasteiger partial charge in [-0.3, -0.25) is 14.5 Å². The fraction of sp³-hybridized carbons (Fsp3) is 0.240. The van der Waals surface area contributed by atoms with Crippen molar-refractivity contribution in [2.24, 2.45) is 0 Å². The Bertz CT molecular complexity index is 1270. The number of methoxy groups -OCH3 is 1. The summed E-state index contributed by atoms with van der Waals surface area (Å²) in [4.78, 5) is 33.2. The topological polar surface area (TPSA) is 79.7 Å². The number of aliphatic hydroxyl groups is 1. The number of aryl methyl sites for hydroxylation is 4. The van der Waals surface area contributed by atoms with Gasteiger partial charge in [-0.05, 0) is 57.0 Å². The molecule has 2 heterocycles. The van der Waals surface area contributed by atoms with Gasteiger partial charge >= 0.3 is 0 Å². The molecule has 0 spiro atoms. The van der Waals surface area contributed by atoms with Crippen molar-refractivity contribution in [2.75, 3.05) is 12.0 Å². The van der Waals surface area contributed by atoms with Crippen molar-refractivity contribution in [1.29, 1.82) is 0 Å². The van der Waals surface area contributed by atoms with Crippen LogP contribution in [0.2, 0.25) is 0 Å². The van der Waals surface area contributed by atoms with Crippen molar-refractivity contribution < 1.29 is 19.4 Å². The van der Waals surface area contributed by atoms with Crippen LogP contribution in [-0.4, -0.2) is 28.9 Å². The molecule has 1 atom stereocenters. The number of ether oxygens (including phenoxy) is 1. The highest BCUT2D eigenvalue weighted by atomic mass is 32.1. The van der Waals surface area contributed by atoms with Crippen LogP contribution in [0.4, 0.5) is 5.69 Å². The molecule has 1 amide bonds. The van der Waals surface area contributed by atoms with Crippen molar-refractivity contribution in [1.82, 2.24) is 4.98 Å². The molecule has 0 bridgehead atoms. The Morgan fingerprint density at radius 1 is 1.09 bits per heavy atom. The van der Waals surface area contributed by atoms with Crippen molar-refractivity contribution in [3.05, 3.63) is 86.1 Å². The van der Waals surface area contributed by atoms with E-state index in [0.29, 0.717) is 27.6 Å². The van der Waals surface area contributed by atoms with Crippen molar-refractivity contribution >= 4 is 28.7 Å². The predicted octanol–water partition coefficient (Wildman–Crippen LogP) is 5.17. The van der Waals surface area contributed by atoms with E-state index in [1.54, 1.807) is 13.0 Å². The Balaban J connectivity index is 1.94. The molecule has 4 rings (SSSR count). The van der Waals surface area contributed by atoms with Gasteiger partial charge in [0, 0.05) is 11.3 Å². The Labute approximate surface area is 190 Å². The second-order valence-electron chi connectivity index (χ2n) is 7.83. The number of nitrogens with zero attached hydrogens (tertiary/aromatic N) is 2. The minimum absolute atomic E-state index is 0.0319.